The van der Waals surface area contributed by atoms with Crippen molar-refractivity contribution < 1.29 is 0 Å². The molecule has 1 rings (SSSR count). The molecule has 0 aromatic carbocycles. The summed E-state index contributed by atoms with van der Waals surface area (Å²) in [5.74, 6) is 0. The van der Waals surface area contributed by atoms with Gasteiger partial charge < -0.3 is 5.73 Å². The Morgan fingerprint density at radius 1 is 1.50 bits per heavy atom. The summed E-state index contributed by atoms with van der Waals surface area (Å²) in [5.41, 5.74) is 7.92. The number of aryl methyl sites for hydroxylation is 1. The summed E-state index contributed by atoms with van der Waals surface area (Å²) in [5, 5.41) is 0. The van der Waals surface area contributed by atoms with E-state index in [9.17, 15) is 0 Å². The summed E-state index contributed by atoms with van der Waals surface area (Å²) >= 11 is 0. The summed E-state index contributed by atoms with van der Waals surface area (Å²) in [6, 6.07) is 4.19. The van der Waals surface area contributed by atoms with Crippen molar-refractivity contribution in [2.24, 2.45) is 5.73 Å². The standard InChI is InChI=1S/C11H19N3/c1-3-14(7-5-12)9-11-4-6-13-10(2)8-11/h4,6,8H,3,5,7,9,12H2,1-2H3. The van der Waals surface area contributed by atoms with E-state index in [1.807, 2.05) is 13.1 Å². The van der Waals surface area contributed by atoms with E-state index >= 15 is 0 Å². The minimum Gasteiger partial charge on any atom is -0.329 e. The molecule has 0 atom stereocenters. The number of hydrogen-bond acceptors (Lipinski definition) is 3. The predicted molar refractivity (Wildman–Crippen MR) is 59.0 cm³/mol. The molecular weight excluding hydrogens is 174 g/mol. The van der Waals surface area contributed by atoms with Crippen LogP contribution in [0.4, 0.5) is 0 Å². The van der Waals surface area contributed by atoms with Crippen LogP contribution < -0.4 is 5.73 Å². The first-order valence-corrected chi connectivity index (χ1v) is 5.10. The van der Waals surface area contributed by atoms with Crippen LogP contribution in [0.3, 0.4) is 0 Å². The number of nitrogens with zero attached hydrogens (tertiary/aromatic N) is 2. The maximum Gasteiger partial charge on any atom is 0.0375 e. The van der Waals surface area contributed by atoms with Gasteiger partial charge in [0.25, 0.3) is 0 Å². The van der Waals surface area contributed by atoms with Crippen molar-refractivity contribution >= 4 is 0 Å². The molecule has 0 bridgehead atoms. The van der Waals surface area contributed by atoms with Gasteiger partial charge in [0, 0.05) is 31.5 Å². The summed E-state index contributed by atoms with van der Waals surface area (Å²) in [6.45, 7) is 7.86. The van der Waals surface area contributed by atoms with E-state index in [1.165, 1.54) is 5.56 Å². The highest BCUT2D eigenvalue weighted by Crippen LogP contribution is 2.04. The van der Waals surface area contributed by atoms with Crippen molar-refractivity contribution in [2.75, 3.05) is 19.6 Å². The minimum absolute atomic E-state index is 0.720. The highest BCUT2D eigenvalue weighted by Gasteiger charge is 2.02. The average Bonchev–Trinajstić information content (AvgIpc) is 2.17. The third-order valence-corrected chi connectivity index (χ3v) is 2.26. The van der Waals surface area contributed by atoms with E-state index in [4.69, 9.17) is 5.73 Å². The Hall–Kier alpha value is -0.930. The Morgan fingerprint density at radius 3 is 2.86 bits per heavy atom. The fourth-order valence-electron chi connectivity index (χ4n) is 1.49. The smallest absolute Gasteiger partial charge is 0.0375 e. The zero-order chi connectivity index (χ0) is 10.4. The Kier molecular flexibility index (Phi) is 4.56. The second-order valence-corrected chi connectivity index (χ2v) is 3.46. The Morgan fingerprint density at radius 2 is 2.29 bits per heavy atom. The van der Waals surface area contributed by atoms with Crippen LogP contribution in [0.15, 0.2) is 18.3 Å². The lowest BCUT2D eigenvalue weighted by atomic mass is 10.2. The largest absolute Gasteiger partial charge is 0.329 e. The average molecular weight is 193 g/mol. The number of rotatable bonds is 5. The molecule has 0 amide bonds. The zero-order valence-electron chi connectivity index (χ0n) is 9.03. The topological polar surface area (TPSA) is 42.1 Å². The second-order valence-electron chi connectivity index (χ2n) is 3.46. The number of nitrogens with two attached hydrogens (primary N) is 1. The second kappa shape index (κ2) is 5.73. The van der Waals surface area contributed by atoms with Crippen LogP contribution in [0.2, 0.25) is 0 Å². The zero-order valence-corrected chi connectivity index (χ0v) is 9.03. The van der Waals surface area contributed by atoms with Crippen molar-refractivity contribution in [2.45, 2.75) is 20.4 Å². The SMILES string of the molecule is CCN(CCN)Cc1ccnc(C)c1. The minimum atomic E-state index is 0.720. The van der Waals surface area contributed by atoms with Crippen LogP contribution in [0.1, 0.15) is 18.2 Å². The highest BCUT2D eigenvalue weighted by molar-refractivity contribution is 5.15. The van der Waals surface area contributed by atoms with E-state index in [-0.39, 0.29) is 0 Å². The molecule has 0 radical (unpaired) electrons. The van der Waals surface area contributed by atoms with Gasteiger partial charge in [0.05, 0.1) is 0 Å². The molecule has 0 aliphatic heterocycles. The molecule has 0 aliphatic carbocycles. The third kappa shape index (κ3) is 3.44. The Balaban J connectivity index is 2.57. The lowest BCUT2D eigenvalue weighted by Gasteiger charge is -2.19. The Bertz CT molecular complexity index is 273. The third-order valence-electron chi connectivity index (χ3n) is 2.26. The van der Waals surface area contributed by atoms with Crippen LogP contribution in [0, 0.1) is 6.92 Å². The monoisotopic (exact) mass is 193 g/mol. The van der Waals surface area contributed by atoms with E-state index in [1.54, 1.807) is 0 Å². The first-order valence-electron chi connectivity index (χ1n) is 5.10. The van der Waals surface area contributed by atoms with Crippen molar-refractivity contribution in [3.63, 3.8) is 0 Å². The first-order chi connectivity index (χ1) is 6.76. The van der Waals surface area contributed by atoms with Gasteiger partial charge in [-0.25, -0.2) is 0 Å². The molecule has 0 spiro atoms. The number of pyridine rings is 1. The maximum absolute atomic E-state index is 5.53. The normalized spacial score (nSPS) is 10.9. The molecule has 78 valence electrons. The van der Waals surface area contributed by atoms with E-state index in [2.05, 4.69) is 28.9 Å². The van der Waals surface area contributed by atoms with Crippen LogP contribution in [-0.2, 0) is 6.54 Å². The van der Waals surface area contributed by atoms with Gasteiger partial charge in [0.15, 0.2) is 0 Å². The van der Waals surface area contributed by atoms with Crippen molar-refractivity contribution in [3.8, 4) is 0 Å². The van der Waals surface area contributed by atoms with Gasteiger partial charge in [-0.15, -0.1) is 0 Å². The van der Waals surface area contributed by atoms with Gasteiger partial charge in [-0.2, -0.15) is 0 Å². The Labute approximate surface area is 85.9 Å². The molecule has 2 N–H and O–H groups in total. The fraction of sp³-hybridized carbons (Fsp3) is 0.545. The first kappa shape index (κ1) is 11.1. The van der Waals surface area contributed by atoms with Gasteiger partial charge in [-0.05, 0) is 31.2 Å². The molecule has 0 aliphatic rings. The molecule has 14 heavy (non-hydrogen) atoms. The molecule has 1 aromatic rings. The number of likely N-dealkylation sites (N-methyl/N-ethyl adjacent to an activating group) is 1. The number of hydrogen-bond donors (Lipinski definition) is 1. The lowest BCUT2D eigenvalue weighted by molar-refractivity contribution is 0.288. The van der Waals surface area contributed by atoms with Gasteiger partial charge in [-0.1, -0.05) is 6.92 Å². The summed E-state index contributed by atoms with van der Waals surface area (Å²) in [7, 11) is 0. The molecule has 1 aromatic heterocycles. The van der Waals surface area contributed by atoms with Gasteiger partial charge in [0.2, 0.25) is 0 Å². The predicted octanol–water partition coefficient (Wildman–Crippen LogP) is 1.17. The number of aromatic nitrogens is 1. The van der Waals surface area contributed by atoms with Crippen molar-refractivity contribution in [1.82, 2.24) is 9.88 Å². The van der Waals surface area contributed by atoms with E-state index in [0.717, 1.165) is 31.9 Å². The van der Waals surface area contributed by atoms with Gasteiger partial charge in [-0.3, -0.25) is 9.88 Å². The molecule has 0 fully saturated rings. The van der Waals surface area contributed by atoms with Crippen LogP contribution in [-0.4, -0.2) is 29.5 Å². The van der Waals surface area contributed by atoms with Crippen molar-refractivity contribution in [1.29, 1.82) is 0 Å². The molecule has 1 heterocycles. The van der Waals surface area contributed by atoms with Gasteiger partial charge in [0.1, 0.15) is 0 Å². The maximum atomic E-state index is 5.53. The quantitative estimate of drug-likeness (QED) is 0.763. The van der Waals surface area contributed by atoms with Crippen LogP contribution >= 0.6 is 0 Å². The molecule has 3 nitrogen and oxygen atoms in total. The summed E-state index contributed by atoms with van der Waals surface area (Å²) in [4.78, 5) is 6.50. The summed E-state index contributed by atoms with van der Waals surface area (Å²) < 4.78 is 0. The lowest BCUT2D eigenvalue weighted by Crippen LogP contribution is -2.28. The summed E-state index contributed by atoms with van der Waals surface area (Å²) in [6.07, 6.45) is 1.86. The molecule has 0 saturated heterocycles. The molecular formula is C11H19N3. The van der Waals surface area contributed by atoms with E-state index < -0.39 is 0 Å². The van der Waals surface area contributed by atoms with E-state index in [0.29, 0.717) is 0 Å². The van der Waals surface area contributed by atoms with Crippen LogP contribution in [0.25, 0.3) is 0 Å². The highest BCUT2D eigenvalue weighted by atomic mass is 15.1. The van der Waals surface area contributed by atoms with Crippen LogP contribution in [0.5, 0.6) is 0 Å². The molecule has 0 unspecified atom stereocenters. The molecule has 0 saturated carbocycles. The fourth-order valence-corrected chi connectivity index (χ4v) is 1.49. The molecule has 3 heteroatoms. The van der Waals surface area contributed by atoms with Gasteiger partial charge >= 0.3 is 0 Å². The van der Waals surface area contributed by atoms with Crippen molar-refractivity contribution in [3.05, 3.63) is 29.6 Å².